The normalized spacial score (nSPS) is 11.2. The van der Waals surface area contributed by atoms with E-state index in [4.69, 9.17) is 0 Å². The Morgan fingerprint density at radius 3 is 3.00 bits per heavy atom. The zero-order valence-electron chi connectivity index (χ0n) is 7.68. The number of hydrogen-bond acceptors (Lipinski definition) is 3. The Morgan fingerprint density at radius 2 is 2.07 bits per heavy atom. The highest BCUT2D eigenvalue weighted by Crippen LogP contribution is 2.15. The molecule has 0 spiro atoms. The lowest BCUT2D eigenvalue weighted by molar-refractivity contribution is 0.891. The van der Waals surface area contributed by atoms with Crippen LogP contribution in [-0.4, -0.2) is 19.6 Å². The Kier molecular flexibility index (Phi) is 1.33. The van der Waals surface area contributed by atoms with Gasteiger partial charge in [0.25, 0.3) is 0 Å². The summed E-state index contributed by atoms with van der Waals surface area (Å²) < 4.78 is 2.00. The molecular weight excluding hydrogens is 176 g/mol. The lowest BCUT2D eigenvalue weighted by Crippen LogP contribution is -1.96. The second kappa shape index (κ2) is 2.51. The number of nitrogens with zero attached hydrogens (tertiary/aromatic N) is 4. The molecule has 3 aromatic rings. The van der Waals surface area contributed by atoms with E-state index in [0.717, 1.165) is 22.5 Å². The molecule has 0 atom stereocenters. The molecule has 0 aliphatic rings. The summed E-state index contributed by atoms with van der Waals surface area (Å²) in [6.07, 6.45) is 1.67. The van der Waals surface area contributed by atoms with Crippen LogP contribution >= 0.6 is 0 Å². The number of fused-ring (bicyclic) bond motifs is 3. The minimum atomic E-state index is 0.846. The fourth-order valence-corrected chi connectivity index (χ4v) is 1.68. The Balaban J connectivity index is 2.65. The number of rotatable bonds is 0. The van der Waals surface area contributed by atoms with Gasteiger partial charge in [-0.1, -0.05) is 12.1 Å². The summed E-state index contributed by atoms with van der Waals surface area (Å²) in [5, 5.41) is 7.88. The van der Waals surface area contributed by atoms with Crippen molar-refractivity contribution < 1.29 is 0 Å². The third kappa shape index (κ3) is 0.849. The van der Waals surface area contributed by atoms with Crippen LogP contribution in [0.1, 0.15) is 5.82 Å². The first-order valence-corrected chi connectivity index (χ1v) is 4.42. The van der Waals surface area contributed by atoms with Gasteiger partial charge in [0.1, 0.15) is 5.82 Å². The van der Waals surface area contributed by atoms with Gasteiger partial charge < -0.3 is 0 Å². The smallest absolute Gasteiger partial charge is 0.159 e. The molecule has 0 N–H and O–H groups in total. The minimum absolute atomic E-state index is 0.846. The van der Waals surface area contributed by atoms with Crippen LogP contribution in [-0.2, 0) is 0 Å². The molecule has 14 heavy (non-hydrogen) atoms. The molecule has 0 fully saturated rings. The summed E-state index contributed by atoms with van der Waals surface area (Å²) in [5.74, 6) is 0.858. The first kappa shape index (κ1) is 7.44. The van der Waals surface area contributed by atoms with E-state index in [1.54, 1.807) is 6.20 Å². The van der Waals surface area contributed by atoms with Crippen LogP contribution in [0, 0.1) is 6.92 Å². The standard InChI is InChI=1S/C10H8N4/c1-7-13-11-6-10-12-8-4-2-3-5-9(8)14(7)10/h2-6H,1H3. The molecular formula is C10H8N4. The lowest BCUT2D eigenvalue weighted by atomic mass is 10.3. The van der Waals surface area contributed by atoms with Gasteiger partial charge in [-0.05, 0) is 19.1 Å². The molecule has 0 saturated carbocycles. The van der Waals surface area contributed by atoms with Crippen molar-refractivity contribution in [3.05, 3.63) is 36.3 Å². The summed E-state index contributed by atoms with van der Waals surface area (Å²) in [5.41, 5.74) is 2.90. The lowest BCUT2D eigenvalue weighted by Gasteiger charge is -1.96. The van der Waals surface area contributed by atoms with E-state index in [-0.39, 0.29) is 0 Å². The molecule has 0 radical (unpaired) electrons. The van der Waals surface area contributed by atoms with Gasteiger partial charge in [-0.15, -0.1) is 5.10 Å². The zero-order valence-corrected chi connectivity index (χ0v) is 7.68. The number of imidazole rings is 1. The van der Waals surface area contributed by atoms with Crippen molar-refractivity contribution in [1.29, 1.82) is 0 Å². The van der Waals surface area contributed by atoms with E-state index < -0.39 is 0 Å². The zero-order chi connectivity index (χ0) is 9.54. The highest BCUT2D eigenvalue weighted by Gasteiger charge is 2.05. The SMILES string of the molecule is Cc1nncc2nc3ccccc3n12. The molecule has 1 aromatic carbocycles. The second-order valence-corrected chi connectivity index (χ2v) is 3.19. The maximum Gasteiger partial charge on any atom is 0.159 e. The van der Waals surface area contributed by atoms with Crippen LogP contribution in [0.15, 0.2) is 30.5 Å². The summed E-state index contributed by atoms with van der Waals surface area (Å²) in [7, 11) is 0. The third-order valence-corrected chi connectivity index (χ3v) is 2.29. The molecule has 2 heterocycles. The summed E-state index contributed by atoms with van der Waals surface area (Å²) in [6, 6.07) is 7.99. The van der Waals surface area contributed by atoms with Gasteiger partial charge in [0, 0.05) is 0 Å². The molecule has 0 saturated heterocycles. The van der Waals surface area contributed by atoms with Crippen LogP contribution in [0.2, 0.25) is 0 Å². The maximum atomic E-state index is 4.44. The molecule has 4 nitrogen and oxygen atoms in total. The number of benzene rings is 1. The van der Waals surface area contributed by atoms with Crippen molar-refractivity contribution in [2.24, 2.45) is 0 Å². The molecule has 4 heteroatoms. The van der Waals surface area contributed by atoms with E-state index in [1.807, 2.05) is 35.6 Å². The van der Waals surface area contributed by atoms with Crippen LogP contribution in [0.25, 0.3) is 16.7 Å². The summed E-state index contributed by atoms with van der Waals surface area (Å²) in [6.45, 7) is 1.92. The number of hydrogen-bond donors (Lipinski definition) is 0. The largest absolute Gasteiger partial charge is 0.278 e. The van der Waals surface area contributed by atoms with E-state index >= 15 is 0 Å². The molecule has 2 aromatic heterocycles. The van der Waals surface area contributed by atoms with Crippen molar-refractivity contribution in [2.75, 3.05) is 0 Å². The summed E-state index contributed by atoms with van der Waals surface area (Å²) >= 11 is 0. The van der Waals surface area contributed by atoms with Crippen molar-refractivity contribution in [3.63, 3.8) is 0 Å². The number of aryl methyl sites for hydroxylation is 1. The highest BCUT2D eigenvalue weighted by atomic mass is 15.2. The average molecular weight is 184 g/mol. The fraction of sp³-hybridized carbons (Fsp3) is 0.100. The van der Waals surface area contributed by atoms with Crippen LogP contribution in [0.3, 0.4) is 0 Å². The van der Waals surface area contributed by atoms with Crippen molar-refractivity contribution in [3.8, 4) is 0 Å². The van der Waals surface area contributed by atoms with Crippen molar-refractivity contribution in [2.45, 2.75) is 6.92 Å². The van der Waals surface area contributed by atoms with Gasteiger partial charge >= 0.3 is 0 Å². The molecule has 0 amide bonds. The molecule has 0 aliphatic carbocycles. The fourth-order valence-electron chi connectivity index (χ4n) is 1.68. The quantitative estimate of drug-likeness (QED) is 0.532. The monoisotopic (exact) mass is 184 g/mol. The summed E-state index contributed by atoms with van der Waals surface area (Å²) in [4.78, 5) is 4.44. The highest BCUT2D eigenvalue weighted by molar-refractivity contribution is 5.80. The van der Waals surface area contributed by atoms with Gasteiger partial charge in [0.15, 0.2) is 5.65 Å². The predicted octanol–water partition coefficient (Wildman–Crippen LogP) is 1.59. The Morgan fingerprint density at radius 1 is 1.21 bits per heavy atom. The van der Waals surface area contributed by atoms with Gasteiger partial charge in [-0.25, -0.2) is 4.98 Å². The Bertz CT molecular complexity index is 612. The van der Waals surface area contributed by atoms with Gasteiger partial charge in [0.2, 0.25) is 0 Å². The maximum absolute atomic E-state index is 4.44. The van der Waals surface area contributed by atoms with E-state index in [2.05, 4.69) is 15.2 Å². The average Bonchev–Trinajstić information content (AvgIpc) is 2.57. The second-order valence-electron chi connectivity index (χ2n) is 3.19. The minimum Gasteiger partial charge on any atom is -0.278 e. The van der Waals surface area contributed by atoms with Crippen LogP contribution in [0.5, 0.6) is 0 Å². The number of para-hydroxylation sites is 2. The molecule has 0 aliphatic heterocycles. The number of aromatic nitrogens is 4. The Labute approximate surface area is 80.2 Å². The topological polar surface area (TPSA) is 43.1 Å². The van der Waals surface area contributed by atoms with Crippen molar-refractivity contribution >= 4 is 16.7 Å². The van der Waals surface area contributed by atoms with Crippen LogP contribution < -0.4 is 0 Å². The molecule has 0 unspecified atom stereocenters. The van der Waals surface area contributed by atoms with E-state index in [0.29, 0.717) is 0 Å². The molecule has 0 bridgehead atoms. The van der Waals surface area contributed by atoms with E-state index in [9.17, 15) is 0 Å². The molecule has 3 rings (SSSR count). The third-order valence-electron chi connectivity index (χ3n) is 2.29. The Hall–Kier alpha value is -1.97. The molecule has 68 valence electrons. The first-order valence-electron chi connectivity index (χ1n) is 4.42. The van der Waals surface area contributed by atoms with Crippen molar-refractivity contribution in [1.82, 2.24) is 19.6 Å². The van der Waals surface area contributed by atoms with E-state index in [1.165, 1.54) is 0 Å². The van der Waals surface area contributed by atoms with Gasteiger partial charge in [0.05, 0.1) is 17.2 Å². The van der Waals surface area contributed by atoms with Crippen LogP contribution in [0.4, 0.5) is 0 Å². The predicted molar refractivity (Wildman–Crippen MR) is 53.0 cm³/mol. The first-order chi connectivity index (χ1) is 6.86. The van der Waals surface area contributed by atoms with Gasteiger partial charge in [-0.2, -0.15) is 5.10 Å². The van der Waals surface area contributed by atoms with Gasteiger partial charge in [-0.3, -0.25) is 4.40 Å².